The molecule has 1 heterocycles. The Morgan fingerprint density at radius 3 is 2.61 bits per heavy atom. The van der Waals surface area contributed by atoms with E-state index in [9.17, 15) is 4.79 Å². The second kappa shape index (κ2) is 9.42. The summed E-state index contributed by atoms with van der Waals surface area (Å²) in [6, 6.07) is 26.6. The number of nitrogens with one attached hydrogen (secondary N) is 1. The van der Waals surface area contributed by atoms with Gasteiger partial charge in [-0.15, -0.1) is 0 Å². The van der Waals surface area contributed by atoms with E-state index < -0.39 is 0 Å². The number of nitriles is 1. The van der Waals surface area contributed by atoms with E-state index in [4.69, 9.17) is 10.1 Å². The van der Waals surface area contributed by atoms with Gasteiger partial charge in [-0.3, -0.25) is 4.79 Å². The number of fused-ring (bicyclic) bond motifs is 1. The van der Waals surface area contributed by atoms with E-state index in [0.717, 1.165) is 27.7 Å². The van der Waals surface area contributed by atoms with Crippen LogP contribution >= 0.6 is 0 Å². The van der Waals surface area contributed by atoms with E-state index >= 15 is 0 Å². The van der Waals surface area contributed by atoms with E-state index in [1.54, 1.807) is 12.3 Å². The second-order valence-corrected chi connectivity index (χ2v) is 6.92. The SMILES string of the molecule is N#Cc1ccccc1CO/N=C\c1cn(CC(=O)Nc2ccccc2)c2ccccc12. The standard InChI is InChI=1S/C25H20N4O2/c26-14-19-8-4-5-9-20(19)18-31-27-15-21-16-29(24-13-7-6-12-23(21)24)17-25(30)28-22-10-2-1-3-11-22/h1-13,15-16H,17-18H2,(H,28,30)/b27-15-. The average Bonchev–Trinajstić information content (AvgIpc) is 3.15. The number of para-hydroxylation sites is 2. The molecular weight excluding hydrogens is 388 g/mol. The third-order valence-corrected chi connectivity index (χ3v) is 4.82. The molecule has 4 aromatic rings. The zero-order chi connectivity index (χ0) is 21.5. The average molecular weight is 408 g/mol. The zero-order valence-electron chi connectivity index (χ0n) is 16.7. The molecule has 0 saturated carbocycles. The van der Waals surface area contributed by atoms with Crippen LogP contribution in [0.5, 0.6) is 0 Å². The minimum absolute atomic E-state index is 0.111. The third-order valence-electron chi connectivity index (χ3n) is 4.82. The fraction of sp³-hybridized carbons (Fsp3) is 0.0800. The van der Waals surface area contributed by atoms with Crippen molar-refractivity contribution in [3.8, 4) is 6.07 Å². The number of aromatic nitrogens is 1. The Morgan fingerprint density at radius 1 is 1.03 bits per heavy atom. The largest absolute Gasteiger partial charge is 0.391 e. The van der Waals surface area contributed by atoms with Gasteiger partial charge in [0.15, 0.2) is 0 Å². The van der Waals surface area contributed by atoms with Crippen LogP contribution in [-0.2, 0) is 22.8 Å². The summed E-state index contributed by atoms with van der Waals surface area (Å²) in [6.45, 7) is 0.387. The number of anilines is 1. The molecular formula is C25H20N4O2. The maximum Gasteiger partial charge on any atom is 0.244 e. The quantitative estimate of drug-likeness (QED) is 0.355. The molecule has 0 aliphatic heterocycles. The minimum Gasteiger partial charge on any atom is -0.391 e. The first kappa shape index (κ1) is 19.9. The molecule has 0 aliphatic carbocycles. The smallest absolute Gasteiger partial charge is 0.244 e. The number of carbonyl (C=O) groups is 1. The summed E-state index contributed by atoms with van der Waals surface area (Å²) in [5.74, 6) is -0.111. The van der Waals surface area contributed by atoms with Gasteiger partial charge in [0.1, 0.15) is 13.2 Å². The van der Waals surface area contributed by atoms with Crippen molar-refractivity contribution in [1.29, 1.82) is 5.26 Å². The van der Waals surface area contributed by atoms with Crippen molar-refractivity contribution in [3.63, 3.8) is 0 Å². The molecule has 0 saturated heterocycles. The molecule has 1 amide bonds. The van der Waals surface area contributed by atoms with Crippen molar-refractivity contribution in [2.45, 2.75) is 13.2 Å². The maximum atomic E-state index is 12.5. The van der Waals surface area contributed by atoms with Gasteiger partial charge >= 0.3 is 0 Å². The van der Waals surface area contributed by atoms with E-state index in [1.165, 1.54) is 0 Å². The van der Waals surface area contributed by atoms with Crippen LogP contribution in [0.25, 0.3) is 10.9 Å². The number of hydrogen-bond donors (Lipinski definition) is 1. The molecule has 0 aliphatic rings. The predicted molar refractivity (Wildman–Crippen MR) is 121 cm³/mol. The van der Waals surface area contributed by atoms with Crippen LogP contribution in [-0.4, -0.2) is 16.7 Å². The fourth-order valence-corrected chi connectivity index (χ4v) is 3.34. The predicted octanol–water partition coefficient (Wildman–Crippen LogP) is 4.70. The number of carbonyl (C=O) groups excluding carboxylic acids is 1. The van der Waals surface area contributed by atoms with Gasteiger partial charge in [0.25, 0.3) is 0 Å². The Hall–Kier alpha value is -4.37. The van der Waals surface area contributed by atoms with Crippen molar-refractivity contribution in [1.82, 2.24) is 4.57 Å². The van der Waals surface area contributed by atoms with Gasteiger partial charge in [-0.05, 0) is 24.3 Å². The number of benzene rings is 3. The van der Waals surface area contributed by atoms with Crippen molar-refractivity contribution in [2.75, 3.05) is 5.32 Å². The lowest BCUT2D eigenvalue weighted by Crippen LogP contribution is -2.18. The van der Waals surface area contributed by atoms with Crippen LogP contribution in [0.1, 0.15) is 16.7 Å². The van der Waals surface area contributed by atoms with Crippen molar-refractivity contribution in [2.24, 2.45) is 5.16 Å². The zero-order valence-corrected chi connectivity index (χ0v) is 16.7. The van der Waals surface area contributed by atoms with Crippen molar-refractivity contribution in [3.05, 3.63) is 102 Å². The van der Waals surface area contributed by atoms with Gasteiger partial charge in [0.2, 0.25) is 5.91 Å². The third kappa shape index (κ3) is 4.80. The molecule has 4 rings (SSSR count). The Bertz CT molecular complexity index is 1270. The summed E-state index contributed by atoms with van der Waals surface area (Å²) in [4.78, 5) is 17.9. The molecule has 6 heteroatoms. The molecule has 0 spiro atoms. The van der Waals surface area contributed by atoms with E-state index in [0.29, 0.717) is 5.56 Å². The summed E-state index contributed by atoms with van der Waals surface area (Å²) in [7, 11) is 0. The maximum absolute atomic E-state index is 12.5. The Morgan fingerprint density at radius 2 is 1.77 bits per heavy atom. The summed E-state index contributed by atoms with van der Waals surface area (Å²) in [5.41, 5.74) is 3.89. The van der Waals surface area contributed by atoms with Crippen LogP contribution in [0, 0.1) is 11.3 Å². The molecule has 0 atom stereocenters. The minimum atomic E-state index is -0.111. The van der Waals surface area contributed by atoms with Crippen molar-refractivity contribution >= 4 is 28.7 Å². The number of rotatable bonds is 7. The molecule has 0 unspecified atom stereocenters. The number of amides is 1. The lowest BCUT2D eigenvalue weighted by atomic mass is 10.1. The normalized spacial score (nSPS) is 10.8. The molecule has 1 aromatic heterocycles. The van der Waals surface area contributed by atoms with E-state index in [2.05, 4.69) is 16.5 Å². The molecule has 0 radical (unpaired) electrons. The van der Waals surface area contributed by atoms with Crippen LogP contribution < -0.4 is 5.32 Å². The first-order valence-electron chi connectivity index (χ1n) is 9.81. The summed E-state index contributed by atoms with van der Waals surface area (Å²) >= 11 is 0. The topological polar surface area (TPSA) is 79.4 Å². The highest BCUT2D eigenvalue weighted by Gasteiger charge is 2.10. The Labute approximate surface area is 180 Å². The van der Waals surface area contributed by atoms with Gasteiger partial charge in [0, 0.05) is 33.9 Å². The van der Waals surface area contributed by atoms with Gasteiger partial charge in [-0.2, -0.15) is 5.26 Å². The number of nitrogens with zero attached hydrogens (tertiary/aromatic N) is 3. The molecule has 6 nitrogen and oxygen atoms in total. The molecule has 3 aromatic carbocycles. The monoisotopic (exact) mass is 408 g/mol. The van der Waals surface area contributed by atoms with Crippen LogP contribution in [0.2, 0.25) is 0 Å². The highest BCUT2D eigenvalue weighted by Crippen LogP contribution is 2.20. The van der Waals surface area contributed by atoms with Gasteiger partial charge in [-0.25, -0.2) is 0 Å². The van der Waals surface area contributed by atoms with Crippen molar-refractivity contribution < 1.29 is 9.63 Å². The Balaban J connectivity index is 1.48. The summed E-state index contributed by atoms with van der Waals surface area (Å²) in [5, 5.41) is 17.1. The van der Waals surface area contributed by atoms with Gasteiger partial charge in [-0.1, -0.05) is 59.8 Å². The molecule has 1 N–H and O–H groups in total. The molecule has 0 fully saturated rings. The molecule has 152 valence electrons. The highest BCUT2D eigenvalue weighted by atomic mass is 16.6. The van der Waals surface area contributed by atoms with E-state index in [-0.39, 0.29) is 19.1 Å². The first-order valence-corrected chi connectivity index (χ1v) is 9.81. The lowest BCUT2D eigenvalue weighted by molar-refractivity contribution is -0.116. The lowest BCUT2D eigenvalue weighted by Gasteiger charge is -2.07. The fourth-order valence-electron chi connectivity index (χ4n) is 3.34. The number of hydrogen-bond acceptors (Lipinski definition) is 4. The van der Waals surface area contributed by atoms with Gasteiger partial charge in [0.05, 0.1) is 17.8 Å². The Kier molecular flexibility index (Phi) is 6.05. The summed E-state index contributed by atoms with van der Waals surface area (Å²) < 4.78 is 1.89. The highest BCUT2D eigenvalue weighted by molar-refractivity contribution is 6.00. The first-order chi connectivity index (χ1) is 15.2. The summed E-state index contributed by atoms with van der Waals surface area (Å²) in [6.07, 6.45) is 3.51. The van der Waals surface area contributed by atoms with Crippen LogP contribution in [0.15, 0.2) is 90.2 Å². The van der Waals surface area contributed by atoms with Crippen LogP contribution in [0.3, 0.4) is 0 Å². The van der Waals surface area contributed by atoms with Crippen LogP contribution in [0.4, 0.5) is 5.69 Å². The molecule has 0 bridgehead atoms. The van der Waals surface area contributed by atoms with Gasteiger partial charge < -0.3 is 14.7 Å². The molecule has 31 heavy (non-hydrogen) atoms. The number of oxime groups is 1. The second-order valence-electron chi connectivity index (χ2n) is 6.92. The van der Waals surface area contributed by atoms with E-state index in [1.807, 2.05) is 83.6 Å².